The highest BCUT2D eigenvalue weighted by molar-refractivity contribution is 7.88. The third-order valence-corrected chi connectivity index (χ3v) is 6.00. The lowest BCUT2D eigenvalue weighted by Gasteiger charge is -2.24. The second kappa shape index (κ2) is 5.42. The molecule has 0 radical (unpaired) electrons. The highest BCUT2D eigenvalue weighted by Gasteiger charge is 2.39. The number of hydrogen-bond acceptors (Lipinski definition) is 3. The second-order valence-electron chi connectivity index (χ2n) is 5.66. The Balaban J connectivity index is 1.71. The SMILES string of the molecule is O=S(=O)(Cc1ccc(F)cc1)N1C[C@@H]2CCCN[C@@H]2C1. The molecule has 110 valence electrons. The molecule has 1 aromatic carbocycles. The van der Waals surface area contributed by atoms with Crippen molar-refractivity contribution < 1.29 is 12.8 Å². The van der Waals surface area contributed by atoms with Gasteiger partial charge in [-0.25, -0.2) is 12.8 Å². The first-order chi connectivity index (χ1) is 9.54. The number of halogens is 1. The topological polar surface area (TPSA) is 49.4 Å². The van der Waals surface area contributed by atoms with Crippen LogP contribution in [0.4, 0.5) is 4.39 Å². The van der Waals surface area contributed by atoms with Crippen molar-refractivity contribution in [2.24, 2.45) is 5.92 Å². The molecule has 2 fully saturated rings. The molecule has 6 heteroatoms. The van der Waals surface area contributed by atoms with Crippen LogP contribution in [0, 0.1) is 11.7 Å². The number of hydrogen-bond donors (Lipinski definition) is 1. The maximum atomic E-state index is 12.9. The minimum Gasteiger partial charge on any atom is -0.312 e. The zero-order valence-electron chi connectivity index (χ0n) is 11.3. The van der Waals surface area contributed by atoms with Crippen LogP contribution in [0.25, 0.3) is 0 Å². The van der Waals surface area contributed by atoms with E-state index in [-0.39, 0.29) is 11.6 Å². The van der Waals surface area contributed by atoms with Crippen molar-refractivity contribution in [3.05, 3.63) is 35.6 Å². The van der Waals surface area contributed by atoms with Crippen molar-refractivity contribution in [2.45, 2.75) is 24.6 Å². The average Bonchev–Trinajstić information content (AvgIpc) is 2.86. The van der Waals surface area contributed by atoms with Crippen LogP contribution in [0.3, 0.4) is 0 Å². The van der Waals surface area contributed by atoms with E-state index in [1.54, 1.807) is 4.31 Å². The van der Waals surface area contributed by atoms with Gasteiger partial charge in [-0.05, 0) is 43.0 Å². The zero-order valence-corrected chi connectivity index (χ0v) is 12.1. The quantitative estimate of drug-likeness (QED) is 0.916. The third kappa shape index (κ3) is 2.87. The lowest BCUT2D eigenvalue weighted by Crippen LogP contribution is -2.41. The Bertz CT molecular complexity index is 559. The van der Waals surface area contributed by atoms with Crippen LogP contribution in [0.5, 0.6) is 0 Å². The Kier molecular flexibility index (Phi) is 3.79. The van der Waals surface area contributed by atoms with Gasteiger partial charge in [-0.15, -0.1) is 0 Å². The number of piperidine rings is 1. The molecule has 20 heavy (non-hydrogen) atoms. The van der Waals surface area contributed by atoms with Gasteiger partial charge in [-0.1, -0.05) is 12.1 Å². The van der Waals surface area contributed by atoms with E-state index in [1.165, 1.54) is 24.3 Å². The molecule has 0 saturated carbocycles. The van der Waals surface area contributed by atoms with Gasteiger partial charge in [-0.3, -0.25) is 0 Å². The summed E-state index contributed by atoms with van der Waals surface area (Å²) in [6, 6.07) is 5.97. The van der Waals surface area contributed by atoms with Gasteiger partial charge < -0.3 is 5.32 Å². The van der Waals surface area contributed by atoms with Crippen LogP contribution in [-0.2, 0) is 15.8 Å². The first-order valence-electron chi connectivity index (χ1n) is 7.00. The minimum absolute atomic E-state index is 0.0489. The van der Waals surface area contributed by atoms with Gasteiger partial charge in [0.05, 0.1) is 5.75 Å². The third-order valence-electron chi connectivity index (χ3n) is 4.22. The van der Waals surface area contributed by atoms with E-state index in [0.29, 0.717) is 30.6 Å². The summed E-state index contributed by atoms with van der Waals surface area (Å²) in [5.74, 6) is 0.0430. The van der Waals surface area contributed by atoms with E-state index in [2.05, 4.69) is 5.32 Å². The summed E-state index contributed by atoms with van der Waals surface area (Å²) in [6.45, 7) is 2.16. The fourth-order valence-corrected chi connectivity index (χ4v) is 4.72. The smallest absolute Gasteiger partial charge is 0.218 e. The molecule has 0 unspecified atom stereocenters. The van der Waals surface area contributed by atoms with Crippen molar-refractivity contribution in [1.29, 1.82) is 0 Å². The van der Waals surface area contributed by atoms with Gasteiger partial charge in [0.2, 0.25) is 10.0 Å². The Morgan fingerprint density at radius 1 is 1.25 bits per heavy atom. The Morgan fingerprint density at radius 3 is 2.70 bits per heavy atom. The Labute approximate surface area is 119 Å². The van der Waals surface area contributed by atoms with Crippen LogP contribution < -0.4 is 5.32 Å². The molecule has 0 bridgehead atoms. The molecule has 0 aliphatic carbocycles. The second-order valence-corrected chi connectivity index (χ2v) is 7.63. The van der Waals surface area contributed by atoms with Crippen LogP contribution in [0.2, 0.25) is 0 Å². The monoisotopic (exact) mass is 298 g/mol. The predicted molar refractivity (Wildman–Crippen MR) is 75.1 cm³/mol. The van der Waals surface area contributed by atoms with E-state index in [4.69, 9.17) is 0 Å². The molecule has 2 saturated heterocycles. The highest BCUT2D eigenvalue weighted by Crippen LogP contribution is 2.27. The molecule has 0 amide bonds. The van der Waals surface area contributed by atoms with Crippen molar-refractivity contribution in [3.63, 3.8) is 0 Å². The summed E-state index contributed by atoms with van der Waals surface area (Å²) < 4.78 is 39.3. The number of fused-ring (bicyclic) bond motifs is 1. The van der Waals surface area contributed by atoms with E-state index < -0.39 is 10.0 Å². The van der Waals surface area contributed by atoms with Crippen LogP contribution in [0.1, 0.15) is 18.4 Å². The van der Waals surface area contributed by atoms with Gasteiger partial charge in [0.15, 0.2) is 0 Å². The van der Waals surface area contributed by atoms with Gasteiger partial charge in [-0.2, -0.15) is 4.31 Å². The van der Waals surface area contributed by atoms with Crippen molar-refractivity contribution in [1.82, 2.24) is 9.62 Å². The maximum absolute atomic E-state index is 12.9. The molecule has 2 heterocycles. The number of nitrogens with one attached hydrogen (secondary N) is 1. The number of sulfonamides is 1. The summed E-state index contributed by atoms with van der Waals surface area (Å²) in [7, 11) is -3.31. The summed E-state index contributed by atoms with van der Waals surface area (Å²) in [5.41, 5.74) is 0.634. The van der Waals surface area contributed by atoms with Crippen LogP contribution >= 0.6 is 0 Å². The minimum atomic E-state index is -3.31. The van der Waals surface area contributed by atoms with Crippen molar-refractivity contribution >= 4 is 10.0 Å². The first-order valence-corrected chi connectivity index (χ1v) is 8.61. The van der Waals surface area contributed by atoms with E-state index in [9.17, 15) is 12.8 Å². The normalized spacial score (nSPS) is 27.4. The standard InChI is InChI=1S/C14H19FN2O2S/c15-13-5-3-11(4-6-13)10-20(18,19)17-8-12-2-1-7-16-14(12)9-17/h3-6,12,14,16H,1-2,7-10H2/t12-,14+/m0/s1. The molecule has 4 nitrogen and oxygen atoms in total. The molecular weight excluding hydrogens is 279 g/mol. The Hall–Kier alpha value is -0.980. The van der Waals surface area contributed by atoms with Gasteiger partial charge in [0.25, 0.3) is 0 Å². The van der Waals surface area contributed by atoms with Crippen LogP contribution in [0.15, 0.2) is 24.3 Å². The fraction of sp³-hybridized carbons (Fsp3) is 0.571. The lowest BCUT2D eigenvalue weighted by molar-refractivity contribution is 0.339. The summed E-state index contributed by atoms with van der Waals surface area (Å²) in [5, 5.41) is 3.40. The molecule has 2 aliphatic heterocycles. The first kappa shape index (κ1) is 14.0. The molecule has 1 aromatic rings. The summed E-state index contributed by atoms with van der Waals surface area (Å²) in [4.78, 5) is 0. The average molecular weight is 298 g/mol. The van der Waals surface area contributed by atoms with E-state index in [0.717, 1.165) is 19.4 Å². The Morgan fingerprint density at radius 2 is 2.00 bits per heavy atom. The van der Waals surface area contributed by atoms with E-state index in [1.807, 2.05) is 0 Å². The van der Waals surface area contributed by atoms with Crippen molar-refractivity contribution in [2.75, 3.05) is 19.6 Å². The van der Waals surface area contributed by atoms with E-state index >= 15 is 0 Å². The summed E-state index contributed by atoms with van der Waals surface area (Å²) >= 11 is 0. The molecule has 2 atom stereocenters. The van der Waals surface area contributed by atoms with Crippen molar-refractivity contribution in [3.8, 4) is 0 Å². The molecule has 0 aromatic heterocycles. The zero-order chi connectivity index (χ0) is 14.2. The molecule has 2 aliphatic rings. The maximum Gasteiger partial charge on any atom is 0.218 e. The molecule has 3 rings (SSSR count). The molecule has 1 N–H and O–H groups in total. The molecular formula is C14H19FN2O2S. The largest absolute Gasteiger partial charge is 0.312 e. The predicted octanol–water partition coefficient (Wildman–Crippen LogP) is 1.34. The summed E-state index contributed by atoms with van der Waals surface area (Å²) in [6.07, 6.45) is 2.22. The number of nitrogens with zero attached hydrogens (tertiary/aromatic N) is 1. The lowest BCUT2D eigenvalue weighted by atomic mass is 9.94. The van der Waals surface area contributed by atoms with Crippen LogP contribution in [-0.4, -0.2) is 38.4 Å². The fourth-order valence-electron chi connectivity index (χ4n) is 3.12. The van der Waals surface area contributed by atoms with Gasteiger partial charge >= 0.3 is 0 Å². The van der Waals surface area contributed by atoms with Gasteiger partial charge in [0, 0.05) is 19.1 Å². The van der Waals surface area contributed by atoms with Gasteiger partial charge in [0.1, 0.15) is 5.82 Å². The molecule has 0 spiro atoms. The number of benzene rings is 1. The number of rotatable bonds is 3. The highest BCUT2D eigenvalue weighted by atomic mass is 32.2.